The van der Waals surface area contributed by atoms with Gasteiger partial charge in [-0.15, -0.1) is 0 Å². The maximum absolute atomic E-state index is 12.1. The first-order valence-corrected chi connectivity index (χ1v) is 9.71. The van der Waals surface area contributed by atoms with E-state index < -0.39 is 10.0 Å². The third-order valence-electron chi connectivity index (χ3n) is 4.41. The Labute approximate surface area is 135 Å². The first-order valence-electron chi connectivity index (χ1n) is 8.10. The lowest BCUT2D eigenvalue weighted by atomic mass is 9.99. The Morgan fingerprint density at radius 3 is 2.05 bits per heavy atom. The maximum atomic E-state index is 12.1. The summed E-state index contributed by atoms with van der Waals surface area (Å²) in [5.74, 6) is 0.267. The summed E-state index contributed by atoms with van der Waals surface area (Å²) in [6.45, 7) is 12.1. The van der Waals surface area contributed by atoms with Gasteiger partial charge in [-0.3, -0.25) is 4.90 Å². The average molecular weight is 324 g/mol. The fraction of sp³-hybridized carbons (Fsp3) is 0.647. The van der Waals surface area contributed by atoms with Gasteiger partial charge in [0.05, 0.1) is 5.75 Å². The van der Waals surface area contributed by atoms with Crippen LogP contribution >= 0.6 is 0 Å². The molecule has 1 heterocycles. The molecule has 22 heavy (non-hydrogen) atoms. The molecule has 0 aromatic heterocycles. The van der Waals surface area contributed by atoms with E-state index in [1.54, 1.807) is 4.31 Å². The Kier molecular flexibility index (Phi) is 5.64. The van der Waals surface area contributed by atoms with Crippen LogP contribution in [0.2, 0.25) is 0 Å². The van der Waals surface area contributed by atoms with Gasteiger partial charge in [0.15, 0.2) is 0 Å². The predicted molar refractivity (Wildman–Crippen MR) is 91.6 cm³/mol. The van der Waals surface area contributed by atoms with Crippen molar-refractivity contribution in [2.75, 3.05) is 31.9 Å². The summed E-state index contributed by atoms with van der Waals surface area (Å²) < 4.78 is 25.9. The Morgan fingerprint density at radius 2 is 1.55 bits per heavy atom. The summed E-state index contributed by atoms with van der Waals surface area (Å²) in [6, 6.07) is 4.45. The third-order valence-corrected chi connectivity index (χ3v) is 6.48. The molecular formula is C17H28N2O2S. The molecule has 0 bridgehead atoms. The van der Waals surface area contributed by atoms with Crippen LogP contribution in [0.3, 0.4) is 0 Å². The van der Waals surface area contributed by atoms with Gasteiger partial charge >= 0.3 is 0 Å². The van der Waals surface area contributed by atoms with E-state index in [4.69, 9.17) is 0 Å². The molecule has 1 aliphatic heterocycles. The highest BCUT2D eigenvalue weighted by Crippen LogP contribution is 2.19. The monoisotopic (exact) mass is 324 g/mol. The van der Waals surface area contributed by atoms with Crippen LogP contribution in [0.5, 0.6) is 0 Å². The lowest BCUT2D eigenvalue weighted by Crippen LogP contribution is -2.48. The van der Waals surface area contributed by atoms with E-state index in [0.717, 1.165) is 19.6 Å². The van der Waals surface area contributed by atoms with Gasteiger partial charge in [-0.1, -0.05) is 24.6 Å². The summed E-state index contributed by atoms with van der Waals surface area (Å²) in [5.41, 5.74) is 5.35. The van der Waals surface area contributed by atoms with Gasteiger partial charge in [0, 0.05) is 32.7 Å². The molecule has 0 N–H and O–H groups in total. The molecule has 0 amide bonds. The van der Waals surface area contributed by atoms with Gasteiger partial charge in [-0.05, 0) is 43.9 Å². The van der Waals surface area contributed by atoms with E-state index in [-0.39, 0.29) is 5.75 Å². The number of sulfonamides is 1. The first kappa shape index (κ1) is 17.4. The maximum Gasteiger partial charge on any atom is 0.214 e. The van der Waals surface area contributed by atoms with Crippen LogP contribution in [0.25, 0.3) is 0 Å². The highest BCUT2D eigenvalue weighted by Gasteiger charge is 2.26. The quantitative estimate of drug-likeness (QED) is 0.835. The van der Waals surface area contributed by atoms with E-state index >= 15 is 0 Å². The van der Waals surface area contributed by atoms with Crippen molar-refractivity contribution in [2.24, 2.45) is 0 Å². The highest BCUT2D eigenvalue weighted by atomic mass is 32.2. The highest BCUT2D eigenvalue weighted by molar-refractivity contribution is 7.89. The smallest absolute Gasteiger partial charge is 0.214 e. The van der Waals surface area contributed by atoms with Crippen LogP contribution in [0.15, 0.2) is 12.1 Å². The van der Waals surface area contributed by atoms with Gasteiger partial charge < -0.3 is 0 Å². The summed E-state index contributed by atoms with van der Waals surface area (Å²) >= 11 is 0. The summed E-state index contributed by atoms with van der Waals surface area (Å²) in [4.78, 5) is 2.36. The molecule has 2 rings (SSSR count). The molecule has 0 atom stereocenters. The Morgan fingerprint density at radius 1 is 1.00 bits per heavy atom. The number of aryl methyl sites for hydroxylation is 3. The molecule has 124 valence electrons. The minimum absolute atomic E-state index is 0.267. The number of piperazine rings is 1. The van der Waals surface area contributed by atoms with Crippen LogP contribution in [0.4, 0.5) is 0 Å². The summed E-state index contributed by atoms with van der Waals surface area (Å²) in [5, 5.41) is 0. The largest absolute Gasteiger partial charge is 0.296 e. The van der Waals surface area contributed by atoms with E-state index in [1.165, 1.54) is 22.3 Å². The fourth-order valence-electron chi connectivity index (χ4n) is 3.24. The van der Waals surface area contributed by atoms with Crippen LogP contribution in [0, 0.1) is 20.8 Å². The number of hydrogen-bond acceptors (Lipinski definition) is 3. The Balaban J connectivity index is 1.99. The van der Waals surface area contributed by atoms with Crippen molar-refractivity contribution in [3.63, 3.8) is 0 Å². The van der Waals surface area contributed by atoms with Crippen molar-refractivity contribution >= 4 is 10.0 Å². The van der Waals surface area contributed by atoms with E-state index in [0.29, 0.717) is 19.5 Å². The zero-order valence-corrected chi connectivity index (χ0v) is 15.0. The zero-order chi connectivity index (χ0) is 16.3. The van der Waals surface area contributed by atoms with Crippen molar-refractivity contribution in [3.05, 3.63) is 34.4 Å². The van der Waals surface area contributed by atoms with E-state index in [2.05, 4.69) is 37.8 Å². The summed E-state index contributed by atoms with van der Waals surface area (Å²) in [7, 11) is -3.04. The molecular weight excluding hydrogens is 296 g/mol. The van der Waals surface area contributed by atoms with Crippen LogP contribution in [-0.2, 0) is 16.6 Å². The molecule has 1 aliphatic rings. The minimum atomic E-state index is -3.04. The lowest BCUT2D eigenvalue weighted by molar-refractivity contribution is 0.181. The molecule has 0 radical (unpaired) electrons. The van der Waals surface area contributed by atoms with E-state index in [9.17, 15) is 8.42 Å². The van der Waals surface area contributed by atoms with Crippen LogP contribution in [-0.4, -0.2) is 49.6 Å². The molecule has 1 aromatic rings. The Hall–Kier alpha value is -0.910. The molecule has 0 saturated carbocycles. The number of rotatable bonds is 5. The molecule has 1 aromatic carbocycles. The second-order valence-electron chi connectivity index (χ2n) is 6.37. The minimum Gasteiger partial charge on any atom is -0.296 e. The fourth-order valence-corrected chi connectivity index (χ4v) is 4.73. The second kappa shape index (κ2) is 7.11. The van der Waals surface area contributed by atoms with Crippen molar-refractivity contribution in [1.29, 1.82) is 0 Å². The van der Waals surface area contributed by atoms with Gasteiger partial charge in [0.1, 0.15) is 0 Å². The van der Waals surface area contributed by atoms with Gasteiger partial charge in [-0.25, -0.2) is 8.42 Å². The molecule has 1 fully saturated rings. The first-order chi connectivity index (χ1) is 10.3. The van der Waals surface area contributed by atoms with Gasteiger partial charge in [0.2, 0.25) is 10.0 Å². The van der Waals surface area contributed by atoms with E-state index in [1.807, 2.05) is 6.92 Å². The average Bonchev–Trinajstić information content (AvgIpc) is 2.43. The molecule has 0 aliphatic carbocycles. The lowest BCUT2D eigenvalue weighted by Gasteiger charge is -2.34. The number of hydrogen-bond donors (Lipinski definition) is 0. The van der Waals surface area contributed by atoms with Crippen LogP contribution < -0.4 is 0 Å². The normalized spacial score (nSPS) is 17.8. The molecule has 0 spiro atoms. The molecule has 0 unspecified atom stereocenters. The number of nitrogens with zero attached hydrogens (tertiary/aromatic N) is 2. The van der Waals surface area contributed by atoms with Crippen molar-refractivity contribution in [1.82, 2.24) is 9.21 Å². The molecule has 4 nitrogen and oxygen atoms in total. The van der Waals surface area contributed by atoms with Gasteiger partial charge in [-0.2, -0.15) is 4.31 Å². The van der Waals surface area contributed by atoms with Crippen molar-refractivity contribution in [3.8, 4) is 0 Å². The second-order valence-corrected chi connectivity index (χ2v) is 8.46. The van der Waals surface area contributed by atoms with Crippen LogP contribution in [0.1, 0.15) is 35.6 Å². The van der Waals surface area contributed by atoms with Crippen molar-refractivity contribution in [2.45, 2.75) is 40.7 Å². The van der Waals surface area contributed by atoms with Crippen molar-refractivity contribution < 1.29 is 8.42 Å². The topological polar surface area (TPSA) is 40.6 Å². The SMILES string of the molecule is CCCS(=O)(=O)N1CCN(Cc2c(C)cc(C)cc2C)CC1. The Bertz CT molecular complexity index is 595. The van der Waals surface area contributed by atoms with Gasteiger partial charge in [0.25, 0.3) is 0 Å². The standard InChI is InChI=1S/C17H28N2O2S/c1-5-10-22(20,21)19-8-6-18(7-9-19)13-17-15(3)11-14(2)12-16(17)4/h11-12H,5-10,13H2,1-4H3. The summed E-state index contributed by atoms with van der Waals surface area (Å²) in [6.07, 6.45) is 0.685. The third kappa shape index (κ3) is 4.09. The molecule has 1 saturated heterocycles. The number of benzene rings is 1. The predicted octanol–water partition coefficient (Wildman–Crippen LogP) is 2.47. The zero-order valence-electron chi connectivity index (χ0n) is 14.2. The molecule has 5 heteroatoms.